The van der Waals surface area contributed by atoms with E-state index in [9.17, 15) is 9.90 Å². The molecule has 0 aromatic heterocycles. The van der Waals surface area contributed by atoms with Crippen molar-refractivity contribution in [3.63, 3.8) is 0 Å². The summed E-state index contributed by atoms with van der Waals surface area (Å²) in [7, 11) is 0. The van der Waals surface area contributed by atoms with Crippen LogP contribution in [0.15, 0.2) is 48.5 Å². The van der Waals surface area contributed by atoms with Gasteiger partial charge in [0, 0.05) is 17.8 Å². The van der Waals surface area contributed by atoms with Crippen molar-refractivity contribution < 1.29 is 9.90 Å². The largest absolute Gasteiger partial charge is 0.508 e. The zero-order valence-corrected chi connectivity index (χ0v) is 11.8. The lowest BCUT2D eigenvalue weighted by Gasteiger charge is -2.21. The molecule has 0 spiro atoms. The van der Waals surface area contributed by atoms with Crippen molar-refractivity contribution in [2.24, 2.45) is 0 Å². The second-order valence-electron chi connectivity index (χ2n) is 4.78. The summed E-state index contributed by atoms with van der Waals surface area (Å²) in [6, 6.07) is 14.8. The number of carbonyl (C=O) groups is 1. The summed E-state index contributed by atoms with van der Waals surface area (Å²) in [6.45, 7) is 4.57. The molecule has 2 aromatic rings. The highest BCUT2D eigenvalue weighted by Gasteiger charge is 2.15. The number of phenolic OH excluding ortho intramolecular Hbond substituents is 1. The van der Waals surface area contributed by atoms with Crippen LogP contribution < -0.4 is 4.90 Å². The van der Waals surface area contributed by atoms with Gasteiger partial charge in [0.15, 0.2) is 0 Å². The summed E-state index contributed by atoms with van der Waals surface area (Å²) in [5.41, 5.74) is 2.71. The van der Waals surface area contributed by atoms with E-state index >= 15 is 0 Å². The molecule has 0 saturated heterocycles. The molecule has 0 heterocycles. The average Bonchev–Trinajstić information content (AvgIpc) is 2.44. The van der Waals surface area contributed by atoms with Crippen LogP contribution in [0.3, 0.4) is 0 Å². The van der Waals surface area contributed by atoms with Crippen molar-refractivity contribution in [3.05, 3.63) is 59.7 Å². The number of hydrogen-bond donors (Lipinski definition) is 1. The molecular weight excluding hydrogens is 250 g/mol. The van der Waals surface area contributed by atoms with Crippen LogP contribution in [0.5, 0.6) is 5.75 Å². The lowest BCUT2D eigenvalue weighted by molar-refractivity contribution is -0.118. The number of hydrogen-bond acceptors (Lipinski definition) is 2. The van der Waals surface area contributed by atoms with Gasteiger partial charge in [0.2, 0.25) is 5.91 Å². The third-order valence-electron chi connectivity index (χ3n) is 3.30. The van der Waals surface area contributed by atoms with Crippen LogP contribution in [0.1, 0.15) is 18.1 Å². The molecule has 0 atom stereocenters. The van der Waals surface area contributed by atoms with E-state index in [0.717, 1.165) is 11.3 Å². The number of anilines is 1. The SMILES string of the molecule is CCN(C(=O)Cc1ccccc1O)c1ccc(C)cc1. The zero-order chi connectivity index (χ0) is 14.5. The quantitative estimate of drug-likeness (QED) is 0.925. The number of para-hydroxylation sites is 1. The topological polar surface area (TPSA) is 40.5 Å². The highest BCUT2D eigenvalue weighted by atomic mass is 16.3. The van der Waals surface area contributed by atoms with E-state index in [2.05, 4.69) is 0 Å². The second kappa shape index (κ2) is 6.24. The molecule has 1 N–H and O–H groups in total. The second-order valence-corrected chi connectivity index (χ2v) is 4.78. The number of nitrogens with zero attached hydrogens (tertiary/aromatic N) is 1. The molecule has 0 aliphatic heterocycles. The van der Waals surface area contributed by atoms with Crippen LogP contribution in [0.25, 0.3) is 0 Å². The van der Waals surface area contributed by atoms with Crippen molar-refractivity contribution in [2.75, 3.05) is 11.4 Å². The lowest BCUT2D eigenvalue weighted by atomic mass is 10.1. The monoisotopic (exact) mass is 269 g/mol. The highest BCUT2D eigenvalue weighted by molar-refractivity contribution is 5.95. The summed E-state index contributed by atoms with van der Waals surface area (Å²) >= 11 is 0. The maximum absolute atomic E-state index is 12.4. The number of benzene rings is 2. The van der Waals surface area contributed by atoms with Gasteiger partial charge in [-0.05, 0) is 32.0 Å². The molecule has 3 heteroatoms. The first-order valence-electron chi connectivity index (χ1n) is 6.75. The number of amides is 1. The van der Waals surface area contributed by atoms with Crippen molar-refractivity contribution >= 4 is 11.6 Å². The molecule has 0 bridgehead atoms. The Hall–Kier alpha value is -2.29. The van der Waals surface area contributed by atoms with Gasteiger partial charge in [0.1, 0.15) is 5.75 Å². The Kier molecular flexibility index (Phi) is 4.41. The molecule has 2 aromatic carbocycles. The van der Waals surface area contributed by atoms with Gasteiger partial charge in [0.05, 0.1) is 6.42 Å². The highest BCUT2D eigenvalue weighted by Crippen LogP contribution is 2.20. The lowest BCUT2D eigenvalue weighted by Crippen LogP contribution is -2.31. The van der Waals surface area contributed by atoms with E-state index < -0.39 is 0 Å². The average molecular weight is 269 g/mol. The molecule has 0 saturated carbocycles. The Morgan fingerprint density at radius 2 is 1.75 bits per heavy atom. The summed E-state index contributed by atoms with van der Waals surface area (Å²) in [6.07, 6.45) is 0.203. The Morgan fingerprint density at radius 1 is 1.10 bits per heavy atom. The Bertz CT molecular complexity index is 590. The van der Waals surface area contributed by atoms with Crippen molar-refractivity contribution in [3.8, 4) is 5.75 Å². The fourth-order valence-corrected chi connectivity index (χ4v) is 2.15. The molecule has 104 valence electrons. The Balaban J connectivity index is 2.18. The number of aromatic hydroxyl groups is 1. The first-order valence-corrected chi connectivity index (χ1v) is 6.75. The molecule has 0 radical (unpaired) electrons. The van der Waals surface area contributed by atoms with Crippen molar-refractivity contribution in [1.29, 1.82) is 0 Å². The van der Waals surface area contributed by atoms with E-state index in [4.69, 9.17) is 0 Å². The number of aryl methyl sites for hydroxylation is 1. The minimum Gasteiger partial charge on any atom is -0.508 e. The van der Waals surface area contributed by atoms with Crippen LogP contribution in [0.2, 0.25) is 0 Å². The van der Waals surface area contributed by atoms with Gasteiger partial charge in [-0.1, -0.05) is 35.9 Å². The van der Waals surface area contributed by atoms with Gasteiger partial charge in [-0.25, -0.2) is 0 Å². The molecule has 3 nitrogen and oxygen atoms in total. The predicted molar refractivity (Wildman–Crippen MR) is 81.0 cm³/mol. The van der Waals surface area contributed by atoms with Crippen LogP contribution in [-0.2, 0) is 11.2 Å². The van der Waals surface area contributed by atoms with E-state index in [1.807, 2.05) is 44.2 Å². The van der Waals surface area contributed by atoms with Crippen LogP contribution >= 0.6 is 0 Å². The van der Waals surface area contributed by atoms with E-state index in [0.29, 0.717) is 12.1 Å². The standard InChI is InChI=1S/C17H19NO2/c1-3-18(15-10-8-13(2)9-11-15)17(20)12-14-6-4-5-7-16(14)19/h4-11,19H,3,12H2,1-2H3. The number of likely N-dealkylation sites (N-methyl/N-ethyl adjacent to an activating group) is 1. The van der Waals surface area contributed by atoms with Gasteiger partial charge in [-0.3, -0.25) is 4.79 Å². The summed E-state index contributed by atoms with van der Waals surface area (Å²) < 4.78 is 0. The minimum atomic E-state index is -0.0159. The molecule has 0 aliphatic rings. The Labute approximate surface area is 119 Å². The Morgan fingerprint density at radius 3 is 2.35 bits per heavy atom. The molecule has 0 aliphatic carbocycles. The smallest absolute Gasteiger partial charge is 0.231 e. The third-order valence-corrected chi connectivity index (χ3v) is 3.30. The van der Waals surface area contributed by atoms with Gasteiger partial charge >= 0.3 is 0 Å². The maximum atomic E-state index is 12.4. The first kappa shape index (κ1) is 14.1. The fourth-order valence-electron chi connectivity index (χ4n) is 2.15. The molecule has 0 unspecified atom stereocenters. The van der Waals surface area contributed by atoms with E-state index in [-0.39, 0.29) is 18.1 Å². The first-order chi connectivity index (χ1) is 9.61. The van der Waals surface area contributed by atoms with Gasteiger partial charge in [-0.2, -0.15) is 0 Å². The number of carbonyl (C=O) groups excluding carboxylic acids is 1. The van der Waals surface area contributed by atoms with Crippen molar-refractivity contribution in [1.82, 2.24) is 0 Å². The van der Waals surface area contributed by atoms with E-state index in [1.165, 1.54) is 0 Å². The third kappa shape index (κ3) is 3.18. The molecule has 20 heavy (non-hydrogen) atoms. The molecule has 0 fully saturated rings. The summed E-state index contributed by atoms with van der Waals surface area (Å²) in [4.78, 5) is 14.1. The predicted octanol–water partition coefficient (Wildman–Crippen LogP) is 3.30. The molecule has 1 amide bonds. The normalized spacial score (nSPS) is 10.3. The van der Waals surface area contributed by atoms with Gasteiger partial charge < -0.3 is 10.0 Å². The van der Waals surface area contributed by atoms with Crippen LogP contribution in [0, 0.1) is 6.92 Å². The molecule has 2 rings (SSSR count). The minimum absolute atomic E-state index is 0.0159. The van der Waals surface area contributed by atoms with Gasteiger partial charge in [-0.15, -0.1) is 0 Å². The van der Waals surface area contributed by atoms with E-state index in [1.54, 1.807) is 23.1 Å². The van der Waals surface area contributed by atoms with Gasteiger partial charge in [0.25, 0.3) is 0 Å². The molecular formula is C17H19NO2. The summed E-state index contributed by atoms with van der Waals surface area (Å²) in [5.74, 6) is 0.152. The van der Waals surface area contributed by atoms with Crippen molar-refractivity contribution in [2.45, 2.75) is 20.3 Å². The fraction of sp³-hybridized carbons (Fsp3) is 0.235. The maximum Gasteiger partial charge on any atom is 0.231 e. The number of rotatable bonds is 4. The van der Waals surface area contributed by atoms with Crippen LogP contribution in [0.4, 0.5) is 5.69 Å². The zero-order valence-electron chi connectivity index (χ0n) is 11.8. The van der Waals surface area contributed by atoms with Crippen LogP contribution in [-0.4, -0.2) is 17.6 Å². The summed E-state index contributed by atoms with van der Waals surface area (Å²) in [5, 5.41) is 9.75. The number of phenols is 1.